The number of hydrogen-bond donors (Lipinski definition) is 2. The fourth-order valence-electron chi connectivity index (χ4n) is 1.51. The molecule has 1 aromatic carbocycles. The Morgan fingerprint density at radius 2 is 2.23 bits per heavy atom. The molecule has 0 radical (unpaired) electrons. The minimum atomic E-state index is 0.0731. The highest BCUT2D eigenvalue weighted by molar-refractivity contribution is 9.10. The van der Waals surface area contributed by atoms with Crippen LogP contribution in [0.4, 0.5) is 0 Å². The summed E-state index contributed by atoms with van der Waals surface area (Å²) in [5.74, 6) is 0. The summed E-state index contributed by atoms with van der Waals surface area (Å²) in [7, 11) is 0. The number of H-pyrrole nitrogens is 1. The third kappa shape index (κ3) is 1.38. The molecule has 1 aromatic heterocycles. The number of benzene rings is 1. The van der Waals surface area contributed by atoms with Gasteiger partial charge >= 0.3 is 0 Å². The summed E-state index contributed by atoms with van der Waals surface area (Å²) < 4.78 is 1.06. The van der Waals surface area contributed by atoms with Gasteiger partial charge in [0, 0.05) is 21.1 Å². The van der Waals surface area contributed by atoms with Gasteiger partial charge in [-0.15, -0.1) is 0 Å². The third-order valence-electron chi connectivity index (χ3n) is 2.13. The van der Waals surface area contributed by atoms with Crippen LogP contribution < -0.4 is 0 Å². The molecule has 13 heavy (non-hydrogen) atoms. The molecule has 0 aliphatic rings. The standard InChI is InChI=1S/C10H10BrNO/c1-6-4-8-9(11)3-2-7(5-13)10(8)12-6/h2-4,12-13H,5H2,1H3. The second kappa shape index (κ2) is 3.16. The molecule has 68 valence electrons. The van der Waals surface area contributed by atoms with E-state index < -0.39 is 0 Å². The first kappa shape index (κ1) is 8.78. The van der Waals surface area contributed by atoms with Crippen molar-refractivity contribution in [3.8, 4) is 0 Å². The van der Waals surface area contributed by atoms with Crippen molar-refractivity contribution in [1.82, 2.24) is 4.98 Å². The van der Waals surface area contributed by atoms with Gasteiger partial charge in [-0.2, -0.15) is 0 Å². The quantitative estimate of drug-likeness (QED) is 0.789. The van der Waals surface area contributed by atoms with Crippen LogP contribution >= 0.6 is 15.9 Å². The third-order valence-corrected chi connectivity index (χ3v) is 2.82. The largest absolute Gasteiger partial charge is 0.392 e. The number of aliphatic hydroxyl groups excluding tert-OH is 1. The zero-order valence-electron chi connectivity index (χ0n) is 7.26. The second-order valence-electron chi connectivity index (χ2n) is 3.11. The zero-order chi connectivity index (χ0) is 9.42. The number of hydrogen-bond acceptors (Lipinski definition) is 1. The van der Waals surface area contributed by atoms with E-state index in [1.807, 2.05) is 19.1 Å². The number of halogens is 1. The van der Waals surface area contributed by atoms with Crippen LogP contribution in [-0.4, -0.2) is 10.1 Å². The molecule has 0 saturated heterocycles. The van der Waals surface area contributed by atoms with E-state index in [1.54, 1.807) is 0 Å². The summed E-state index contributed by atoms with van der Waals surface area (Å²) in [6, 6.07) is 5.95. The van der Waals surface area contributed by atoms with Crippen LogP contribution in [0, 0.1) is 6.92 Å². The highest BCUT2D eigenvalue weighted by Crippen LogP contribution is 2.27. The van der Waals surface area contributed by atoms with Crippen molar-refractivity contribution in [2.24, 2.45) is 0 Å². The van der Waals surface area contributed by atoms with E-state index >= 15 is 0 Å². The molecule has 2 nitrogen and oxygen atoms in total. The minimum Gasteiger partial charge on any atom is -0.392 e. The molecule has 2 N–H and O–H groups in total. The lowest BCUT2D eigenvalue weighted by atomic mass is 10.1. The first-order chi connectivity index (χ1) is 6.22. The molecule has 0 amide bonds. The fraction of sp³-hybridized carbons (Fsp3) is 0.200. The molecule has 0 saturated carbocycles. The maximum absolute atomic E-state index is 9.10. The van der Waals surface area contributed by atoms with Crippen molar-refractivity contribution < 1.29 is 5.11 Å². The van der Waals surface area contributed by atoms with Gasteiger partial charge in [0.1, 0.15) is 0 Å². The van der Waals surface area contributed by atoms with E-state index in [1.165, 1.54) is 0 Å². The van der Waals surface area contributed by atoms with Crippen molar-refractivity contribution in [1.29, 1.82) is 0 Å². The monoisotopic (exact) mass is 239 g/mol. The van der Waals surface area contributed by atoms with E-state index in [0.717, 1.165) is 26.6 Å². The molecule has 2 aromatic rings. The average Bonchev–Trinajstić information content (AvgIpc) is 2.48. The number of aryl methyl sites for hydroxylation is 1. The number of nitrogens with one attached hydrogen (secondary N) is 1. The van der Waals surface area contributed by atoms with E-state index in [2.05, 4.69) is 27.0 Å². The molecular formula is C10H10BrNO. The number of aromatic amines is 1. The smallest absolute Gasteiger partial charge is 0.0702 e. The maximum atomic E-state index is 9.10. The van der Waals surface area contributed by atoms with Gasteiger partial charge in [0.2, 0.25) is 0 Å². The molecule has 0 bridgehead atoms. The summed E-state index contributed by atoms with van der Waals surface area (Å²) in [6.07, 6.45) is 0. The van der Waals surface area contributed by atoms with Gasteiger partial charge in [0.25, 0.3) is 0 Å². The molecule has 0 atom stereocenters. The minimum absolute atomic E-state index is 0.0731. The molecular weight excluding hydrogens is 230 g/mol. The second-order valence-corrected chi connectivity index (χ2v) is 3.96. The Morgan fingerprint density at radius 1 is 1.46 bits per heavy atom. The Kier molecular flexibility index (Phi) is 2.14. The molecule has 2 rings (SSSR count). The summed E-state index contributed by atoms with van der Waals surface area (Å²) in [6.45, 7) is 2.08. The Labute approximate surface area is 84.7 Å². The summed E-state index contributed by atoms with van der Waals surface area (Å²) in [5, 5.41) is 10.2. The Morgan fingerprint density at radius 3 is 2.92 bits per heavy atom. The molecule has 0 aliphatic heterocycles. The van der Waals surface area contributed by atoms with E-state index in [4.69, 9.17) is 5.11 Å². The normalized spacial score (nSPS) is 11.0. The van der Waals surface area contributed by atoms with Crippen molar-refractivity contribution in [2.45, 2.75) is 13.5 Å². The highest BCUT2D eigenvalue weighted by atomic mass is 79.9. The van der Waals surface area contributed by atoms with Gasteiger partial charge in [0.05, 0.1) is 12.1 Å². The first-order valence-corrected chi connectivity index (χ1v) is 4.89. The number of rotatable bonds is 1. The Balaban J connectivity index is 2.83. The fourth-order valence-corrected chi connectivity index (χ4v) is 1.95. The van der Waals surface area contributed by atoms with Gasteiger partial charge in [0.15, 0.2) is 0 Å². The van der Waals surface area contributed by atoms with Gasteiger partial charge in [-0.1, -0.05) is 22.0 Å². The first-order valence-electron chi connectivity index (χ1n) is 4.10. The van der Waals surface area contributed by atoms with Gasteiger partial charge in [-0.25, -0.2) is 0 Å². The Hall–Kier alpha value is -0.800. The van der Waals surface area contributed by atoms with Crippen LogP contribution in [0.2, 0.25) is 0 Å². The molecule has 0 unspecified atom stereocenters. The predicted octanol–water partition coefficient (Wildman–Crippen LogP) is 2.73. The molecule has 0 aliphatic carbocycles. The van der Waals surface area contributed by atoms with E-state index in [9.17, 15) is 0 Å². The zero-order valence-corrected chi connectivity index (χ0v) is 8.85. The summed E-state index contributed by atoms with van der Waals surface area (Å²) in [4.78, 5) is 3.23. The topological polar surface area (TPSA) is 36.0 Å². The van der Waals surface area contributed by atoms with Gasteiger partial charge in [-0.3, -0.25) is 0 Å². The molecule has 0 fully saturated rings. The van der Waals surface area contributed by atoms with Crippen LogP contribution in [0.3, 0.4) is 0 Å². The maximum Gasteiger partial charge on any atom is 0.0702 e. The highest BCUT2D eigenvalue weighted by Gasteiger charge is 2.05. The van der Waals surface area contributed by atoms with Crippen LogP contribution in [-0.2, 0) is 6.61 Å². The predicted molar refractivity (Wildman–Crippen MR) is 56.7 cm³/mol. The van der Waals surface area contributed by atoms with Crippen LogP contribution in [0.1, 0.15) is 11.3 Å². The summed E-state index contributed by atoms with van der Waals surface area (Å²) in [5.41, 5.74) is 3.07. The van der Waals surface area contributed by atoms with Crippen molar-refractivity contribution in [2.75, 3.05) is 0 Å². The molecule has 1 heterocycles. The van der Waals surface area contributed by atoms with Crippen molar-refractivity contribution >= 4 is 26.8 Å². The Bertz CT molecular complexity index is 447. The van der Waals surface area contributed by atoms with Crippen LogP contribution in [0.5, 0.6) is 0 Å². The van der Waals surface area contributed by atoms with Crippen molar-refractivity contribution in [3.05, 3.63) is 33.9 Å². The van der Waals surface area contributed by atoms with Gasteiger partial charge < -0.3 is 10.1 Å². The SMILES string of the molecule is Cc1cc2c(Br)ccc(CO)c2[nH]1. The number of aliphatic hydroxyl groups is 1. The van der Waals surface area contributed by atoms with E-state index in [-0.39, 0.29) is 6.61 Å². The van der Waals surface area contributed by atoms with Gasteiger partial charge in [-0.05, 0) is 19.1 Å². The number of aromatic nitrogens is 1. The lowest BCUT2D eigenvalue weighted by Crippen LogP contribution is -1.85. The van der Waals surface area contributed by atoms with Crippen molar-refractivity contribution in [3.63, 3.8) is 0 Å². The average molecular weight is 240 g/mol. The summed E-state index contributed by atoms with van der Waals surface area (Å²) >= 11 is 3.47. The van der Waals surface area contributed by atoms with E-state index in [0.29, 0.717) is 0 Å². The molecule has 0 spiro atoms. The van der Waals surface area contributed by atoms with Crippen LogP contribution in [0.15, 0.2) is 22.7 Å². The number of fused-ring (bicyclic) bond motifs is 1. The lowest BCUT2D eigenvalue weighted by Gasteiger charge is -1.99. The van der Waals surface area contributed by atoms with Crippen LogP contribution in [0.25, 0.3) is 10.9 Å². The lowest BCUT2D eigenvalue weighted by molar-refractivity contribution is 0.283. The molecule has 3 heteroatoms.